The summed E-state index contributed by atoms with van der Waals surface area (Å²) in [6.07, 6.45) is 3.69. The molecule has 1 atom stereocenters. The summed E-state index contributed by atoms with van der Waals surface area (Å²) in [5, 5.41) is 10.3. The predicted octanol–water partition coefficient (Wildman–Crippen LogP) is 2.97. The Kier molecular flexibility index (Phi) is 3.55. The molecule has 0 spiro atoms. The summed E-state index contributed by atoms with van der Waals surface area (Å²) in [7, 11) is 0. The van der Waals surface area contributed by atoms with Crippen LogP contribution in [0, 0.1) is 13.8 Å². The van der Waals surface area contributed by atoms with Crippen molar-refractivity contribution in [3.05, 3.63) is 65.0 Å². The second-order valence-corrected chi connectivity index (χ2v) is 4.37. The van der Waals surface area contributed by atoms with E-state index in [1.165, 1.54) is 11.1 Å². The van der Waals surface area contributed by atoms with Gasteiger partial charge in [-0.3, -0.25) is 4.98 Å². The van der Waals surface area contributed by atoms with E-state index in [4.69, 9.17) is 0 Å². The molecule has 1 aromatic carbocycles. The van der Waals surface area contributed by atoms with E-state index in [-0.39, 0.29) is 0 Å². The van der Waals surface area contributed by atoms with Gasteiger partial charge in [0.2, 0.25) is 0 Å². The van der Waals surface area contributed by atoms with Gasteiger partial charge in [-0.25, -0.2) is 0 Å². The summed E-state index contributed by atoms with van der Waals surface area (Å²) < 4.78 is 0. The van der Waals surface area contributed by atoms with Crippen molar-refractivity contribution in [3.8, 4) is 0 Å². The average Bonchev–Trinajstić information content (AvgIpc) is 2.34. The van der Waals surface area contributed by atoms with Crippen LogP contribution < -0.4 is 0 Å². The summed E-state index contributed by atoms with van der Waals surface area (Å²) in [6.45, 7) is 4.12. The number of hydrogen-bond acceptors (Lipinski definition) is 2. The van der Waals surface area contributed by atoms with Crippen molar-refractivity contribution < 1.29 is 5.11 Å². The molecule has 0 aliphatic rings. The van der Waals surface area contributed by atoms with E-state index in [9.17, 15) is 5.11 Å². The van der Waals surface area contributed by atoms with Crippen LogP contribution in [-0.4, -0.2) is 10.1 Å². The normalized spacial score (nSPS) is 12.4. The molecular formula is C15H17NO. The smallest absolute Gasteiger partial charge is 0.0833 e. The van der Waals surface area contributed by atoms with Crippen molar-refractivity contribution in [2.45, 2.75) is 26.4 Å². The lowest BCUT2D eigenvalue weighted by Gasteiger charge is -2.15. The summed E-state index contributed by atoms with van der Waals surface area (Å²) in [6, 6.07) is 9.93. The van der Waals surface area contributed by atoms with E-state index in [1.807, 2.05) is 24.3 Å². The van der Waals surface area contributed by atoms with Crippen LogP contribution in [0.25, 0.3) is 0 Å². The molecule has 2 rings (SSSR count). The number of aromatic nitrogens is 1. The molecule has 2 heteroatoms. The maximum absolute atomic E-state index is 10.3. The summed E-state index contributed by atoms with van der Waals surface area (Å²) in [5.74, 6) is 0. The maximum atomic E-state index is 10.3. The van der Waals surface area contributed by atoms with Gasteiger partial charge in [-0.2, -0.15) is 0 Å². The van der Waals surface area contributed by atoms with Crippen molar-refractivity contribution in [2.24, 2.45) is 0 Å². The molecule has 0 saturated carbocycles. The maximum Gasteiger partial charge on any atom is 0.0833 e. The molecule has 17 heavy (non-hydrogen) atoms. The molecule has 0 bridgehead atoms. The lowest BCUT2D eigenvalue weighted by molar-refractivity contribution is 0.177. The summed E-state index contributed by atoms with van der Waals surface area (Å²) >= 11 is 0. The Balaban J connectivity index is 2.20. The van der Waals surface area contributed by atoms with Gasteiger partial charge in [0.25, 0.3) is 0 Å². The van der Waals surface area contributed by atoms with Crippen LogP contribution in [0.4, 0.5) is 0 Å². The second-order valence-electron chi connectivity index (χ2n) is 4.37. The molecule has 0 saturated heterocycles. The van der Waals surface area contributed by atoms with Crippen molar-refractivity contribution in [3.63, 3.8) is 0 Å². The standard InChI is InChI=1S/C15H17NO/c1-11-5-3-7-14(12(11)2)15(17)9-13-6-4-8-16-10-13/h3-8,10,15,17H,9H2,1-2H3/t15-/m0/s1. The summed E-state index contributed by atoms with van der Waals surface area (Å²) in [5.41, 5.74) is 4.45. The molecule has 2 aromatic rings. The van der Waals surface area contributed by atoms with Crippen LogP contribution in [0.1, 0.15) is 28.4 Å². The minimum Gasteiger partial charge on any atom is -0.388 e. The fourth-order valence-electron chi connectivity index (χ4n) is 1.99. The highest BCUT2D eigenvalue weighted by molar-refractivity contribution is 5.35. The Morgan fingerprint density at radius 2 is 2.00 bits per heavy atom. The van der Waals surface area contributed by atoms with E-state index in [2.05, 4.69) is 24.9 Å². The van der Waals surface area contributed by atoms with E-state index in [0.29, 0.717) is 6.42 Å². The molecule has 0 fully saturated rings. The van der Waals surface area contributed by atoms with Gasteiger partial charge in [0.05, 0.1) is 6.10 Å². The lowest BCUT2D eigenvalue weighted by atomic mass is 9.96. The third-order valence-corrected chi connectivity index (χ3v) is 3.16. The van der Waals surface area contributed by atoms with Crippen LogP contribution in [0.2, 0.25) is 0 Å². The number of aliphatic hydroxyl groups excluding tert-OH is 1. The number of hydrogen-bond donors (Lipinski definition) is 1. The first-order valence-corrected chi connectivity index (χ1v) is 5.81. The van der Waals surface area contributed by atoms with Gasteiger partial charge in [-0.15, -0.1) is 0 Å². The van der Waals surface area contributed by atoms with Gasteiger partial charge < -0.3 is 5.11 Å². The van der Waals surface area contributed by atoms with Crippen molar-refractivity contribution >= 4 is 0 Å². The van der Waals surface area contributed by atoms with E-state index in [0.717, 1.165) is 11.1 Å². The largest absolute Gasteiger partial charge is 0.388 e. The van der Waals surface area contributed by atoms with Crippen LogP contribution in [-0.2, 0) is 6.42 Å². The topological polar surface area (TPSA) is 33.1 Å². The minimum atomic E-state index is -0.459. The average molecular weight is 227 g/mol. The SMILES string of the molecule is Cc1cccc([C@@H](O)Cc2cccnc2)c1C. The molecular weight excluding hydrogens is 210 g/mol. The Labute approximate surface area is 102 Å². The zero-order valence-corrected chi connectivity index (χ0v) is 10.2. The number of nitrogens with zero attached hydrogens (tertiary/aromatic N) is 1. The molecule has 1 N–H and O–H groups in total. The molecule has 1 aromatic heterocycles. The summed E-state index contributed by atoms with van der Waals surface area (Å²) in [4.78, 5) is 4.06. The molecule has 2 nitrogen and oxygen atoms in total. The van der Waals surface area contributed by atoms with Crippen molar-refractivity contribution in [2.75, 3.05) is 0 Å². The highest BCUT2D eigenvalue weighted by Crippen LogP contribution is 2.23. The Morgan fingerprint density at radius 3 is 2.71 bits per heavy atom. The third-order valence-electron chi connectivity index (χ3n) is 3.16. The van der Waals surface area contributed by atoms with E-state index >= 15 is 0 Å². The number of benzene rings is 1. The Hall–Kier alpha value is -1.67. The van der Waals surface area contributed by atoms with E-state index in [1.54, 1.807) is 12.4 Å². The molecule has 88 valence electrons. The van der Waals surface area contributed by atoms with Gasteiger partial charge >= 0.3 is 0 Å². The minimum absolute atomic E-state index is 0.459. The van der Waals surface area contributed by atoms with Crippen molar-refractivity contribution in [1.29, 1.82) is 0 Å². The zero-order chi connectivity index (χ0) is 12.3. The fourth-order valence-corrected chi connectivity index (χ4v) is 1.99. The predicted molar refractivity (Wildman–Crippen MR) is 68.8 cm³/mol. The van der Waals surface area contributed by atoms with Gasteiger partial charge in [-0.1, -0.05) is 24.3 Å². The highest BCUT2D eigenvalue weighted by atomic mass is 16.3. The molecule has 0 aliphatic heterocycles. The third kappa shape index (κ3) is 2.71. The van der Waals surface area contributed by atoms with Crippen LogP contribution in [0.5, 0.6) is 0 Å². The molecule has 0 unspecified atom stereocenters. The quantitative estimate of drug-likeness (QED) is 0.874. The first-order valence-electron chi connectivity index (χ1n) is 5.81. The van der Waals surface area contributed by atoms with Crippen molar-refractivity contribution in [1.82, 2.24) is 4.98 Å². The first kappa shape index (κ1) is 11.8. The fraction of sp³-hybridized carbons (Fsp3) is 0.267. The van der Waals surface area contributed by atoms with Gasteiger partial charge in [0.15, 0.2) is 0 Å². The van der Waals surface area contributed by atoms with Gasteiger partial charge in [0, 0.05) is 18.8 Å². The number of aryl methyl sites for hydroxylation is 1. The van der Waals surface area contributed by atoms with Crippen LogP contribution in [0.3, 0.4) is 0 Å². The first-order chi connectivity index (χ1) is 8.18. The second kappa shape index (κ2) is 5.11. The molecule has 0 radical (unpaired) electrons. The lowest BCUT2D eigenvalue weighted by Crippen LogP contribution is -2.05. The Morgan fingerprint density at radius 1 is 1.18 bits per heavy atom. The van der Waals surface area contributed by atoms with Gasteiger partial charge in [-0.05, 0) is 42.2 Å². The molecule has 0 amide bonds. The Bertz CT molecular complexity index is 494. The number of rotatable bonds is 3. The van der Waals surface area contributed by atoms with Crippen LogP contribution in [0.15, 0.2) is 42.7 Å². The molecule has 1 heterocycles. The van der Waals surface area contributed by atoms with Crippen LogP contribution >= 0.6 is 0 Å². The number of pyridine rings is 1. The zero-order valence-electron chi connectivity index (χ0n) is 10.2. The highest BCUT2D eigenvalue weighted by Gasteiger charge is 2.11. The van der Waals surface area contributed by atoms with E-state index < -0.39 is 6.10 Å². The number of aliphatic hydroxyl groups is 1. The monoisotopic (exact) mass is 227 g/mol. The molecule has 0 aliphatic carbocycles. The van der Waals surface area contributed by atoms with Gasteiger partial charge in [0.1, 0.15) is 0 Å².